The highest BCUT2D eigenvalue weighted by Crippen LogP contribution is 2.36. The van der Waals surface area contributed by atoms with Crippen molar-refractivity contribution < 1.29 is 14.6 Å². The van der Waals surface area contributed by atoms with Crippen LogP contribution in [-0.2, 0) is 0 Å². The Balaban J connectivity index is 3.33. The molecular weight excluding hydrogens is 248 g/mol. The van der Waals surface area contributed by atoms with Gasteiger partial charge < -0.3 is 14.6 Å². The molecule has 14 heavy (non-hydrogen) atoms. The maximum Gasteiger partial charge on any atom is 0.129 e. The van der Waals surface area contributed by atoms with Gasteiger partial charge in [-0.25, -0.2) is 0 Å². The van der Waals surface area contributed by atoms with Crippen molar-refractivity contribution in [2.45, 2.75) is 13.0 Å². The molecule has 1 aromatic carbocycles. The summed E-state index contributed by atoms with van der Waals surface area (Å²) in [5, 5.41) is 9.56. The predicted molar refractivity (Wildman–Crippen MR) is 57.9 cm³/mol. The highest BCUT2D eigenvalue weighted by Gasteiger charge is 2.15. The van der Waals surface area contributed by atoms with Crippen molar-refractivity contribution in [3.63, 3.8) is 0 Å². The first kappa shape index (κ1) is 11.3. The first-order valence-corrected chi connectivity index (χ1v) is 4.99. The van der Waals surface area contributed by atoms with E-state index in [9.17, 15) is 5.11 Å². The summed E-state index contributed by atoms with van der Waals surface area (Å²) in [7, 11) is 3.13. The summed E-state index contributed by atoms with van der Waals surface area (Å²) in [6, 6.07) is 3.59. The quantitative estimate of drug-likeness (QED) is 0.908. The molecule has 0 aromatic heterocycles. The van der Waals surface area contributed by atoms with Crippen LogP contribution in [0.3, 0.4) is 0 Å². The molecule has 0 heterocycles. The van der Waals surface area contributed by atoms with E-state index < -0.39 is 6.10 Å². The third-order valence-electron chi connectivity index (χ3n) is 1.93. The Bertz CT molecular complexity index is 298. The zero-order chi connectivity index (χ0) is 10.7. The van der Waals surface area contributed by atoms with Crippen LogP contribution in [0.1, 0.15) is 18.6 Å². The van der Waals surface area contributed by atoms with Crippen LogP contribution in [0.2, 0.25) is 0 Å². The number of benzene rings is 1. The van der Waals surface area contributed by atoms with E-state index in [0.29, 0.717) is 17.1 Å². The van der Waals surface area contributed by atoms with Crippen LogP contribution < -0.4 is 9.47 Å². The maximum atomic E-state index is 9.56. The fourth-order valence-electron chi connectivity index (χ4n) is 1.32. The maximum absolute atomic E-state index is 9.56. The number of halogens is 1. The lowest BCUT2D eigenvalue weighted by Gasteiger charge is -2.15. The molecule has 0 aliphatic carbocycles. The molecule has 1 rings (SSSR count). The van der Waals surface area contributed by atoms with E-state index in [1.54, 1.807) is 33.3 Å². The van der Waals surface area contributed by atoms with Crippen LogP contribution in [0.25, 0.3) is 0 Å². The SMILES string of the molecule is COc1cc(Br)cc(OC)c1[C@H](C)O. The highest BCUT2D eigenvalue weighted by atomic mass is 79.9. The van der Waals surface area contributed by atoms with Gasteiger partial charge in [-0.3, -0.25) is 0 Å². The molecular formula is C10H13BrO3. The number of hydrogen-bond donors (Lipinski definition) is 1. The third-order valence-corrected chi connectivity index (χ3v) is 2.38. The second-order valence-electron chi connectivity index (χ2n) is 2.90. The van der Waals surface area contributed by atoms with Crippen LogP contribution in [0.5, 0.6) is 11.5 Å². The smallest absolute Gasteiger partial charge is 0.129 e. The molecule has 0 radical (unpaired) electrons. The summed E-state index contributed by atoms with van der Waals surface area (Å²) in [4.78, 5) is 0. The van der Waals surface area contributed by atoms with Crippen LogP contribution in [0.15, 0.2) is 16.6 Å². The van der Waals surface area contributed by atoms with E-state index in [2.05, 4.69) is 15.9 Å². The van der Waals surface area contributed by atoms with Crippen molar-refractivity contribution in [1.82, 2.24) is 0 Å². The molecule has 1 atom stereocenters. The molecule has 0 spiro atoms. The number of hydrogen-bond acceptors (Lipinski definition) is 3. The average molecular weight is 261 g/mol. The highest BCUT2D eigenvalue weighted by molar-refractivity contribution is 9.10. The van der Waals surface area contributed by atoms with E-state index >= 15 is 0 Å². The lowest BCUT2D eigenvalue weighted by atomic mass is 10.1. The van der Waals surface area contributed by atoms with Gasteiger partial charge in [-0.05, 0) is 19.1 Å². The lowest BCUT2D eigenvalue weighted by molar-refractivity contribution is 0.189. The van der Waals surface area contributed by atoms with Crippen molar-refractivity contribution in [3.8, 4) is 11.5 Å². The van der Waals surface area contributed by atoms with E-state index in [1.807, 2.05) is 0 Å². The minimum absolute atomic E-state index is 0.617. The van der Waals surface area contributed by atoms with Crippen LogP contribution in [0, 0.1) is 0 Å². The Kier molecular flexibility index (Phi) is 3.77. The van der Waals surface area contributed by atoms with Crippen molar-refractivity contribution in [3.05, 3.63) is 22.2 Å². The minimum atomic E-state index is -0.618. The van der Waals surface area contributed by atoms with E-state index in [0.717, 1.165) is 4.47 Å². The molecule has 0 aliphatic rings. The number of ether oxygens (including phenoxy) is 2. The summed E-state index contributed by atoms with van der Waals surface area (Å²) in [5.41, 5.74) is 0.665. The van der Waals surface area contributed by atoms with Gasteiger partial charge in [0.05, 0.1) is 25.9 Å². The standard InChI is InChI=1S/C10H13BrO3/c1-6(12)10-8(13-2)4-7(11)5-9(10)14-3/h4-6,12H,1-3H3/t6-/m0/s1. The van der Waals surface area contributed by atoms with Gasteiger partial charge in [-0.1, -0.05) is 15.9 Å². The molecule has 0 saturated heterocycles. The van der Waals surface area contributed by atoms with Crippen LogP contribution >= 0.6 is 15.9 Å². The van der Waals surface area contributed by atoms with E-state index in [4.69, 9.17) is 9.47 Å². The second kappa shape index (κ2) is 4.66. The number of rotatable bonds is 3. The molecule has 0 bridgehead atoms. The van der Waals surface area contributed by atoms with E-state index in [-0.39, 0.29) is 0 Å². The largest absolute Gasteiger partial charge is 0.496 e. The molecule has 3 nitrogen and oxygen atoms in total. The molecule has 0 saturated carbocycles. The van der Waals surface area contributed by atoms with Gasteiger partial charge in [-0.15, -0.1) is 0 Å². The van der Waals surface area contributed by atoms with Gasteiger partial charge in [0.1, 0.15) is 11.5 Å². The summed E-state index contributed by atoms with van der Waals surface area (Å²) >= 11 is 3.34. The van der Waals surface area contributed by atoms with Gasteiger partial charge in [0.15, 0.2) is 0 Å². The third kappa shape index (κ3) is 2.19. The number of aliphatic hydroxyl groups excluding tert-OH is 1. The van der Waals surface area contributed by atoms with Gasteiger partial charge in [-0.2, -0.15) is 0 Å². The van der Waals surface area contributed by atoms with Crippen molar-refractivity contribution in [2.24, 2.45) is 0 Å². The normalized spacial score (nSPS) is 12.4. The molecule has 0 aliphatic heterocycles. The first-order chi connectivity index (χ1) is 6.60. The Morgan fingerprint density at radius 2 is 1.64 bits per heavy atom. The van der Waals surface area contributed by atoms with Crippen LogP contribution in [0.4, 0.5) is 0 Å². The van der Waals surface area contributed by atoms with Crippen LogP contribution in [-0.4, -0.2) is 19.3 Å². The molecule has 1 aromatic rings. The monoisotopic (exact) mass is 260 g/mol. The summed E-state index contributed by atoms with van der Waals surface area (Å²) in [6.45, 7) is 1.67. The molecule has 4 heteroatoms. The van der Waals surface area contributed by atoms with Crippen molar-refractivity contribution >= 4 is 15.9 Å². The molecule has 0 unspecified atom stereocenters. The van der Waals surface area contributed by atoms with E-state index in [1.165, 1.54) is 0 Å². The van der Waals surface area contributed by atoms with Gasteiger partial charge in [0, 0.05) is 4.47 Å². The van der Waals surface area contributed by atoms with Gasteiger partial charge in [0.25, 0.3) is 0 Å². The lowest BCUT2D eigenvalue weighted by Crippen LogP contribution is -2.00. The van der Waals surface area contributed by atoms with Gasteiger partial charge in [0.2, 0.25) is 0 Å². The zero-order valence-electron chi connectivity index (χ0n) is 8.37. The Hall–Kier alpha value is -0.740. The number of methoxy groups -OCH3 is 2. The van der Waals surface area contributed by atoms with Gasteiger partial charge >= 0.3 is 0 Å². The summed E-state index contributed by atoms with van der Waals surface area (Å²) < 4.78 is 11.2. The molecule has 78 valence electrons. The fraction of sp³-hybridized carbons (Fsp3) is 0.400. The fourth-order valence-corrected chi connectivity index (χ4v) is 1.73. The molecule has 0 fully saturated rings. The zero-order valence-corrected chi connectivity index (χ0v) is 9.96. The Labute approximate surface area is 91.8 Å². The average Bonchev–Trinajstić information content (AvgIpc) is 2.15. The summed E-state index contributed by atoms with van der Waals surface area (Å²) in [6.07, 6.45) is -0.618. The molecule has 1 N–H and O–H groups in total. The van der Waals surface area contributed by atoms with Crippen molar-refractivity contribution in [2.75, 3.05) is 14.2 Å². The Morgan fingerprint density at radius 3 is 1.93 bits per heavy atom. The Morgan fingerprint density at radius 1 is 1.21 bits per heavy atom. The minimum Gasteiger partial charge on any atom is -0.496 e. The second-order valence-corrected chi connectivity index (χ2v) is 3.82. The number of aliphatic hydroxyl groups is 1. The topological polar surface area (TPSA) is 38.7 Å². The first-order valence-electron chi connectivity index (χ1n) is 4.19. The predicted octanol–water partition coefficient (Wildman–Crippen LogP) is 2.52. The van der Waals surface area contributed by atoms with Crippen molar-refractivity contribution in [1.29, 1.82) is 0 Å². The molecule has 0 amide bonds. The summed E-state index contributed by atoms with van der Waals surface area (Å²) in [5.74, 6) is 1.23.